The van der Waals surface area contributed by atoms with Crippen LogP contribution in [0.3, 0.4) is 0 Å². The largest absolute Gasteiger partial charge is 0.497 e. The lowest BCUT2D eigenvalue weighted by atomic mass is 10.0. The van der Waals surface area contributed by atoms with Crippen molar-refractivity contribution in [3.8, 4) is 28.6 Å². The summed E-state index contributed by atoms with van der Waals surface area (Å²) in [6.07, 6.45) is 9.39. The lowest BCUT2D eigenvalue weighted by molar-refractivity contribution is 0.102. The Morgan fingerprint density at radius 1 is 1.03 bits per heavy atom. The summed E-state index contributed by atoms with van der Waals surface area (Å²) in [6, 6.07) is 10.7. The Labute approximate surface area is 184 Å². The van der Waals surface area contributed by atoms with Crippen LogP contribution in [0, 0.1) is 0 Å². The minimum Gasteiger partial charge on any atom is -0.497 e. The molecule has 32 heavy (non-hydrogen) atoms. The maximum Gasteiger partial charge on any atom is 0.257 e. The molecule has 8 heteroatoms. The monoisotopic (exact) mass is 427 g/mol. The fraction of sp³-hybridized carbons (Fsp3) is 0.167. The van der Waals surface area contributed by atoms with Gasteiger partial charge in [-0.1, -0.05) is 0 Å². The van der Waals surface area contributed by atoms with Gasteiger partial charge in [-0.25, -0.2) is 15.0 Å². The number of hydrogen-bond donors (Lipinski definition) is 2. The van der Waals surface area contributed by atoms with Gasteiger partial charge < -0.3 is 19.8 Å². The van der Waals surface area contributed by atoms with Crippen LogP contribution in [0.4, 0.5) is 5.69 Å². The molecule has 1 aromatic carbocycles. The van der Waals surface area contributed by atoms with Crippen LogP contribution in [0.25, 0.3) is 11.3 Å². The minimum atomic E-state index is -0.223. The van der Waals surface area contributed by atoms with Gasteiger partial charge in [-0.2, -0.15) is 0 Å². The molecule has 0 bridgehead atoms. The lowest BCUT2D eigenvalue weighted by Crippen LogP contribution is -2.13. The second-order valence-electron chi connectivity index (χ2n) is 7.42. The summed E-state index contributed by atoms with van der Waals surface area (Å²) < 4.78 is 10.9. The summed E-state index contributed by atoms with van der Waals surface area (Å²) in [6.45, 7) is 0. The van der Waals surface area contributed by atoms with Gasteiger partial charge in [-0.3, -0.25) is 4.79 Å². The third-order valence-corrected chi connectivity index (χ3v) is 5.38. The number of aromatic amines is 1. The van der Waals surface area contributed by atoms with Gasteiger partial charge in [0.05, 0.1) is 30.3 Å². The molecule has 0 fully saturated rings. The highest BCUT2D eigenvalue weighted by atomic mass is 16.5. The highest BCUT2D eigenvalue weighted by Crippen LogP contribution is 2.33. The smallest absolute Gasteiger partial charge is 0.257 e. The van der Waals surface area contributed by atoms with Crippen molar-refractivity contribution in [3.05, 3.63) is 78.1 Å². The molecule has 0 spiro atoms. The van der Waals surface area contributed by atoms with Crippen LogP contribution < -0.4 is 14.8 Å². The van der Waals surface area contributed by atoms with Gasteiger partial charge in [0.25, 0.3) is 5.91 Å². The summed E-state index contributed by atoms with van der Waals surface area (Å²) >= 11 is 0. The SMILES string of the molecule is COc1ccc(Oc2ccc(NC(=O)c3c[nH]c4c3-c3ncncc3CCC4)cn2)cc1. The van der Waals surface area contributed by atoms with E-state index in [1.807, 2.05) is 18.3 Å². The van der Waals surface area contributed by atoms with Crippen molar-refractivity contribution in [2.45, 2.75) is 19.3 Å². The molecule has 0 saturated heterocycles. The van der Waals surface area contributed by atoms with Gasteiger partial charge >= 0.3 is 0 Å². The fourth-order valence-electron chi connectivity index (χ4n) is 3.81. The number of carbonyl (C=O) groups is 1. The first kappa shape index (κ1) is 19.7. The number of H-pyrrole nitrogens is 1. The van der Waals surface area contributed by atoms with E-state index in [1.54, 1.807) is 43.8 Å². The van der Waals surface area contributed by atoms with Crippen LogP contribution in [-0.2, 0) is 12.8 Å². The Morgan fingerprint density at radius 2 is 1.88 bits per heavy atom. The maximum atomic E-state index is 13.1. The Kier molecular flexibility index (Phi) is 5.25. The number of ether oxygens (including phenoxy) is 2. The predicted octanol–water partition coefficient (Wildman–Crippen LogP) is 4.41. The summed E-state index contributed by atoms with van der Waals surface area (Å²) in [5.74, 6) is 1.60. The van der Waals surface area contributed by atoms with Crippen molar-refractivity contribution < 1.29 is 14.3 Å². The molecule has 1 aliphatic rings. The van der Waals surface area contributed by atoms with Crippen molar-refractivity contribution in [3.63, 3.8) is 0 Å². The number of aromatic nitrogens is 4. The van der Waals surface area contributed by atoms with E-state index in [0.29, 0.717) is 22.9 Å². The van der Waals surface area contributed by atoms with Crippen LogP contribution >= 0.6 is 0 Å². The molecule has 0 saturated carbocycles. The Balaban J connectivity index is 1.33. The number of methoxy groups -OCH3 is 1. The molecule has 2 N–H and O–H groups in total. The van der Waals surface area contributed by atoms with Gasteiger partial charge in [0, 0.05) is 29.7 Å². The first-order chi connectivity index (χ1) is 15.7. The first-order valence-corrected chi connectivity index (χ1v) is 10.3. The molecule has 0 atom stereocenters. The van der Waals surface area contributed by atoms with E-state index in [2.05, 4.69) is 25.3 Å². The number of hydrogen-bond acceptors (Lipinski definition) is 6. The predicted molar refractivity (Wildman–Crippen MR) is 119 cm³/mol. The van der Waals surface area contributed by atoms with Crippen molar-refractivity contribution in [1.29, 1.82) is 0 Å². The minimum absolute atomic E-state index is 0.223. The average Bonchev–Trinajstić information content (AvgIpc) is 3.16. The number of amides is 1. The van der Waals surface area contributed by atoms with Gasteiger partial charge in [-0.05, 0) is 55.2 Å². The third kappa shape index (κ3) is 3.90. The van der Waals surface area contributed by atoms with Crippen molar-refractivity contribution in [2.24, 2.45) is 0 Å². The van der Waals surface area contributed by atoms with E-state index in [4.69, 9.17) is 9.47 Å². The summed E-state index contributed by atoms with van der Waals surface area (Å²) in [5.41, 5.74) is 4.88. The van der Waals surface area contributed by atoms with Crippen LogP contribution in [0.2, 0.25) is 0 Å². The summed E-state index contributed by atoms with van der Waals surface area (Å²) in [5, 5.41) is 2.91. The van der Waals surface area contributed by atoms with E-state index in [1.165, 1.54) is 6.33 Å². The summed E-state index contributed by atoms with van der Waals surface area (Å²) in [7, 11) is 1.61. The first-order valence-electron chi connectivity index (χ1n) is 10.3. The van der Waals surface area contributed by atoms with Gasteiger partial charge in [0.1, 0.15) is 17.8 Å². The van der Waals surface area contributed by atoms with E-state index in [0.717, 1.165) is 47.5 Å². The highest BCUT2D eigenvalue weighted by molar-refractivity contribution is 6.09. The molecule has 0 radical (unpaired) electrons. The average molecular weight is 427 g/mol. The molecule has 0 unspecified atom stereocenters. The topological polar surface area (TPSA) is 102 Å². The van der Waals surface area contributed by atoms with Gasteiger partial charge in [0.15, 0.2) is 0 Å². The summed E-state index contributed by atoms with van der Waals surface area (Å²) in [4.78, 5) is 29.2. The number of rotatable bonds is 5. The maximum absolute atomic E-state index is 13.1. The van der Waals surface area contributed by atoms with Crippen molar-refractivity contribution in [2.75, 3.05) is 12.4 Å². The second kappa shape index (κ2) is 8.50. The molecular formula is C24H21N5O3. The molecule has 160 valence electrons. The number of benzene rings is 1. The molecule has 5 rings (SSSR count). The number of aryl methyl sites for hydroxylation is 2. The van der Waals surface area contributed by atoms with Crippen LogP contribution in [0.1, 0.15) is 28.0 Å². The zero-order valence-corrected chi connectivity index (χ0v) is 17.5. The fourth-order valence-corrected chi connectivity index (χ4v) is 3.81. The van der Waals surface area contributed by atoms with Crippen LogP contribution in [0.5, 0.6) is 17.4 Å². The van der Waals surface area contributed by atoms with E-state index < -0.39 is 0 Å². The number of fused-ring (bicyclic) bond motifs is 3. The Bertz CT molecular complexity index is 1250. The molecular weight excluding hydrogens is 406 g/mol. The third-order valence-electron chi connectivity index (χ3n) is 5.38. The quantitative estimate of drug-likeness (QED) is 0.489. The Hall–Kier alpha value is -4.20. The van der Waals surface area contributed by atoms with Crippen molar-refractivity contribution in [1.82, 2.24) is 19.9 Å². The van der Waals surface area contributed by atoms with E-state index in [-0.39, 0.29) is 5.91 Å². The number of carbonyl (C=O) groups excluding carboxylic acids is 1. The number of nitrogens with zero attached hydrogens (tertiary/aromatic N) is 3. The molecule has 1 aliphatic carbocycles. The zero-order valence-electron chi connectivity index (χ0n) is 17.5. The van der Waals surface area contributed by atoms with Crippen molar-refractivity contribution >= 4 is 11.6 Å². The lowest BCUT2D eigenvalue weighted by Gasteiger charge is -2.09. The van der Waals surface area contributed by atoms with Crippen LogP contribution in [0.15, 0.2) is 61.3 Å². The molecule has 8 nitrogen and oxygen atoms in total. The standard InChI is InChI=1S/C24H21N5O3/c1-31-17-6-8-18(9-7-17)32-21-10-5-16(12-27-21)29-24(30)19-13-26-20-4-2-3-15-11-25-14-28-23(15)22(19)20/h5-14,26H,2-4H2,1H3,(H,29,30). The van der Waals surface area contributed by atoms with Crippen LogP contribution in [-0.4, -0.2) is 33.0 Å². The van der Waals surface area contributed by atoms with E-state index in [9.17, 15) is 4.79 Å². The molecule has 0 aliphatic heterocycles. The number of nitrogens with one attached hydrogen (secondary N) is 2. The number of pyridine rings is 1. The molecule has 4 aromatic rings. The second-order valence-corrected chi connectivity index (χ2v) is 7.42. The molecule has 3 aromatic heterocycles. The highest BCUT2D eigenvalue weighted by Gasteiger charge is 2.24. The zero-order chi connectivity index (χ0) is 21.9. The van der Waals surface area contributed by atoms with Gasteiger partial charge in [0.2, 0.25) is 5.88 Å². The Morgan fingerprint density at radius 3 is 2.66 bits per heavy atom. The molecule has 1 amide bonds. The van der Waals surface area contributed by atoms with E-state index >= 15 is 0 Å². The molecule has 3 heterocycles. The number of anilines is 1. The normalized spacial score (nSPS) is 12.3. The van der Waals surface area contributed by atoms with Gasteiger partial charge in [-0.15, -0.1) is 0 Å².